The van der Waals surface area contributed by atoms with E-state index in [4.69, 9.17) is 27.4 Å². The second-order valence-corrected chi connectivity index (χ2v) is 7.91. The van der Waals surface area contributed by atoms with E-state index in [1.165, 1.54) is 5.56 Å². The predicted molar refractivity (Wildman–Crippen MR) is 116 cm³/mol. The van der Waals surface area contributed by atoms with Gasteiger partial charge in [0.1, 0.15) is 29.7 Å². The van der Waals surface area contributed by atoms with Crippen molar-refractivity contribution in [2.75, 3.05) is 13.2 Å². The highest BCUT2D eigenvalue weighted by atomic mass is 32.1. The number of rotatable bonds is 6. The first-order chi connectivity index (χ1) is 12.9. The van der Waals surface area contributed by atoms with Crippen LogP contribution in [0.5, 0.6) is 11.5 Å². The Morgan fingerprint density at radius 2 is 1.48 bits per heavy atom. The van der Waals surface area contributed by atoms with Crippen molar-refractivity contribution in [2.24, 2.45) is 5.73 Å². The summed E-state index contributed by atoms with van der Waals surface area (Å²) in [5.41, 5.74) is 7.94. The molecule has 3 nitrogen and oxygen atoms in total. The van der Waals surface area contributed by atoms with E-state index in [0.29, 0.717) is 24.0 Å². The summed E-state index contributed by atoms with van der Waals surface area (Å²) in [6.07, 6.45) is 0. The van der Waals surface area contributed by atoms with Gasteiger partial charge in [0, 0.05) is 0 Å². The number of ether oxygens (including phenoxy) is 2. The second-order valence-electron chi connectivity index (χ2n) is 7.47. The number of hydrogen-bond acceptors (Lipinski definition) is 3. The Morgan fingerprint density at radius 3 is 2.19 bits per heavy atom. The van der Waals surface area contributed by atoms with Crippen LogP contribution >= 0.6 is 12.2 Å². The molecule has 3 aromatic carbocycles. The van der Waals surface area contributed by atoms with Crippen LogP contribution in [0.2, 0.25) is 0 Å². The molecule has 0 heterocycles. The zero-order chi connectivity index (χ0) is 19.4. The molecule has 0 amide bonds. The molecule has 0 atom stereocenters. The fraction of sp³-hybridized carbons (Fsp3) is 0.261. The Labute approximate surface area is 166 Å². The highest BCUT2D eigenvalue weighted by Crippen LogP contribution is 2.31. The molecule has 0 saturated carbocycles. The van der Waals surface area contributed by atoms with Gasteiger partial charge in [0.05, 0.1) is 5.56 Å². The summed E-state index contributed by atoms with van der Waals surface area (Å²) >= 11 is 5.26. The molecule has 0 unspecified atom stereocenters. The van der Waals surface area contributed by atoms with Gasteiger partial charge in [0.15, 0.2) is 0 Å². The minimum Gasteiger partial charge on any atom is -0.490 e. The van der Waals surface area contributed by atoms with Crippen LogP contribution in [0, 0.1) is 0 Å². The fourth-order valence-corrected chi connectivity index (χ4v) is 3.35. The van der Waals surface area contributed by atoms with Crippen LogP contribution in [0.3, 0.4) is 0 Å². The lowest BCUT2D eigenvalue weighted by Crippen LogP contribution is -2.17. The highest BCUT2D eigenvalue weighted by Gasteiger charge is 2.18. The molecule has 0 aromatic heterocycles. The van der Waals surface area contributed by atoms with Gasteiger partial charge in [0.25, 0.3) is 0 Å². The van der Waals surface area contributed by atoms with Crippen molar-refractivity contribution in [1.82, 2.24) is 0 Å². The first kappa shape index (κ1) is 19.2. The van der Waals surface area contributed by atoms with Crippen LogP contribution in [-0.2, 0) is 5.41 Å². The Kier molecular flexibility index (Phi) is 5.66. The standard InChI is InChI=1S/C23H25NO2S/c1-23(2,3)18-10-6-7-11-19(18)25-14-15-26-20-13-12-16-8-4-5-9-17(16)21(20)22(24)27/h4-13H,14-15H2,1-3H3,(H2,24,27). The Balaban J connectivity index is 1.72. The van der Waals surface area contributed by atoms with Gasteiger partial charge in [-0.2, -0.15) is 0 Å². The molecule has 0 radical (unpaired) electrons. The fourth-order valence-electron chi connectivity index (χ4n) is 3.14. The average Bonchev–Trinajstić information content (AvgIpc) is 2.64. The number of thiocarbonyl (C=S) groups is 1. The number of benzene rings is 3. The first-order valence-electron chi connectivity index (χ1n) is 9.04. The van der Waals surface area contributed by atoms with Crippen LogP contribution in [-0.4, -0.2) is 18.2 Å². The number of nitrogens with two attached hydrogens (primary N) is 1. The summed E-state index contributed by atoms with van der Waals surface area (Å²) in [5, 5.41) is 2.09. The van der Waals surface area contributed by atoms with Crippen molar-refractivity contribution in [3.05, 3.63) is 71.8 Å². The van der Waals surface area contributed by atoms with E-state index in [0.717, 1.165) is 22.1 Å². The van der Waals surface area contributed by atoms with E-state index in [2.05, 4.69) is 26.8 Å². The third-order valence-corrected chi connectivity index (χ3v) is 4.63. The van der Waals surface area contributed by atoms with Crippen molar-refractivity contribution in [3.63, 3.8) is 0 Å². The van der Waals surface area contributed by atoms with Crippen LogP contribution in [0.1, 0.15) is 31.9 Å². The summed E-state index contributed by atoms with van der Waals surface area (Å²) in [5.74, 6) is 1.58. The largest absolute Gasteiger partial charge is 0.490 e. The molecule has 0 bridgehead atoms. The van der Waals surface area contributed by atoms with E-state index < -0.39 is 0 Å². The molecule has 0 spiro atoms. The number of fused-ring (bicyclic) bond motifs is 1. The Morgan fingerprint density at radius 1 is 0.852 bits per heavy atom. The van der Waals surface area contributed by atoms with Gasteiger partial charge in [-0.05, 0) is 33.9 Å². The smallest absolute Gasteiger partial charge is 0.130 e. The molecule has 3 rings (SSSR count). The molecule has 0 aliphatic rings. The number of para-hydroxylation sites is 1. The van der Waals surface area contributed by atoms with Crippen molar-refractivity contribution >= 4 is 28.0 Å². The lowest BCUT2D eigenvalue weighted by atomic mass is 9.86. The van der Waals surface area contributed by atoms with Crippen molar-refractivity contribution < 1.29 is 9.47 Å². The first-order valence-corrected chi connectivity index (χ1v) is 9.45. The molecule has 140 valence electrons. The quantitative estimate of drug-likeness (QED) is 0.470. The van der Waals surface area contributed by atoms with Crippen molar-refractivity contribution in [2.45, 2.75) is 26.2 Å². The molecule has 27 heavy (non-hydrogen) atoms. The van der Waals surface area contributed by atoms with Gasteiger partial charge < -0.3 is 15.2 Å². The molecule has 2 N–H and O–H groups in total. The molecule has 0 aliphatic carbocycles. The summed E-state index contributed by atoms with van der Waals surface area (Å²) in [6, 6.07) is 20.1. The maximum Gasteiger partial charge on any atom is 0.130 e. The van der Waals surface area contributed by atoms with Gasteiger partial charge in [-0.3, -0.25) is 0 Å². The summed E-state index contributed by atoms with van der Waals surface area (Å²) in [4.78, 5) is 0.334. The lowest BCUT2D eigenvalue weighted by molar-refractivity contribution is 0.214. The Bertz CT molecular complexity index is 960. The van der Waals surface area contributed by atoms with Crippen LogP contribution < -0.4 is 15.2 Å². The van der Waals surface area contributed by atoms with E-state index in [1.807, 2.05) is 54.6 Å². The van der Waals surface area contributed by atoms with Gasteiger partial charge in [-0.1, -0.05) is 81.5 Å². The van der Waals surface area contributed by atoms with E-state index in [-0.39, 0.29) is 5.41 Å². The second kappa shape index (κ2) is 7.97. The molecule has 0 fully saturated rings. The van der Waals surface area contributed by atoms with E-state index in [1.54, 1.807) is 0 Å². The monoisotopic (exact) mass is 379 g/mol. The maximum absolute atomic E-state index is 5.98. The zero-order valence-corrected chi connectivity index (χ0v) is 16.8. The average molecular weight is 380 g/mol. The highest BCUT2D eigenvalue weighted by molar-refractivity contribution is 7.80. The van der Waals surface area contributed by atoms with Crippen molar-refractivity contribution in [3.8, 4) is 11.5 Å². The molecule has 3 aromatic rings. The SMILES string of the molecule is CC(C)(C)c1ccccc1OCCOc1ccc2ccccc2c1C(N)=S. The molecular formula is C23H25NO2S. The van der Waals surface area contributed by atoms with Crippen LogP contribution in [0.4, 0.5) is 0 Å². The van der Waals surface area contributed by atoms with Crippen LogP contribution in [0.15, 0.2) is 60.7 Å². The van der Waals surface area contributed by atoms with Crippen LogP contribution in [0.25, 0.3) is 10.8 Å². The topological polar surface area (TPSA) is 44.5 Å². The summed E-state index contributed by atoms with van der Waals surface area (Å²) in [6.45, 7) is 7.38. The lowest BCUT2D eigenvalue weighted by Gasteiger charge is -2.22. The van der Waals surface area contributed by atoms with E-state index >= 15 is 0 Å². The minimum atomic E-state index is 0.0225. The molecule has 4 heteroatoms. The zero-order valence-electron chi connectivity index (χ0n) is 16.0. The molecule has 0 saturated heterocycles. The third-order valence-electron chi connectivity index (χ3n) is 4.43. The summed E-state index contributed by atoms with van der Waals surface area (Å²) in [7, 11) is 0. The Hall–Kier alpha value is -2.59. The maximum atomic E-state index is 5.98. The third kappa shape index (κ3) is 4.40. The van der Waals surface area contributed by atoms with E-state index in [9.17, 15) is 0 Å². The normalized spacial score (nSPS) is 11.4. The number of hydrogen-bond donors (Lipinski definition) is 1. The summed E-state index contributed by atoms with van der Waals surface area (Å²) < 4.78 is 11.9. The van der Waals surface area contributed by atoms with Gasteiger partial charge in [-0.15, -0.1) is 0 Å². The van der Waals surface area contributed by atoms with Gasteiger partial charge in [-0.25, -0.2) is 0 Å². The molecule has 0 aliphatic heterocycles. The minimum absolute atomic E-state index is 0.0225. The van der Waals surface area contributed by atoms with Crippen molar-refractivity contribution in [1.29, 1.82) is 0 Å². The van der Waals surface area contributed by atoms with Gasteiger partial charge >= 0.3 is 0 Å². The predicted octanol–water partition coefficient (Wildman–Crippen LogP) is 5.23. The molecular weight excluding hydrogens is 354 g/mol. The van der Waals surface area contributed by atoms with Gasteiger partial charge in [0.2, 0.25) is 0 Å².